The number of benzene rings is 1. The summed E-state index contributed by atoms with van der Waals surface area (Å²) in [4.78, 5) is 4.03. The Bertz CT molecular complexity index is 621. The van der Waals surface area contributed by atoms with Crippen LogP contribution in [0.1, 0.15) is 11.1 Å². The molecule has 0 spiro atoms. The van der Waals surface area contributed by atoms with Gasteiger partial charge in [-0.3, -0.25) is 0 Å². The minimum Gasteiger partial charge on any atom is -0.437 e. The van der Waals surface area contributed by atoms with Crippen molar-refractivity contribution in [2.24, 2.45) is 0 Å². The number of nitrogens with zero attached hydrogens (tertiary/aromatic N) is 1. The Morgan fingerprint density at radius 2 is 1.58 bits per heavy atom. The van der Waals surface area contributed by atoms with Crippen molar-refractivity contribution in [3.63, 3.8) is 0 Å². The van der Waals surface area contributed by atoms with Crippen LogP contribution in [-0.2, 0) is 0 Å². The number of aromatic nitrogens is 1. The maximum absolute atomic E-state index is 6.03. The molecular weight excluding hydrogens is 307 g/mol. The largest absolute Gasteiger partial charge is 0.437 e. The highest BCUT2D eigenvalue weighted by Crippen LogP contribution is 2.35. The first-order valence-corrected chi connectivity index (χ1v) is 6.58. The van der Waals surface area contributed by atoms with E-state index in [1.807, 2.05) is 13.8 Å². The van der Waals surface area contributed by atoms with Crippen LogP contribution in [-0.4, -0.2) is 4.98 Å². The zero-order valence-corrected chi connectivity index (χ0v) is 12.6. The number of rotatable bonds is 2. The van der Waals surface area contributed by atoms with Crippen molar-refractivity contribution >= 4 is 40.6 Å². The summed E-state index contributed by atoms with van der Waals surface area (Å²) in [5.74, 6) is 1.04. The summed E-state index contributed by atoms with van der Waals surface area (Å²) in [6.07, 6.45) is 0. The van der Waals surface area contributed by atoms with Crippen LogP contribution >= 0.6 is 34.8 Å². The molecule has 0 aliphatic heterocycles. The van der Waals surface area contributed by atoms with E-state index in [0.717, 1.165) is 11.1 Å². The van der Waals surface area contributed by atoms with Crippen molar-refractivity contribution < 1.29 is 4.74 Å². The number of anilines is 1. The molecule has 0 saturated heterocycles. The summed E-state index contributed by atoms with van der Waals surface area (Å²) in [6.45, 7) is 3.78. The summed E-state index contributed by atoms with van der Waals surface area (Å²) in [5, 5.41) is 1.24. The topological polar surface area (TPSA) is 48.1 Å². The molecule has 19 heavy (non-hydrogen) atoms. The predicted octanol–water partition coefficient (Wildman–Crippen LogP) is 5.03. The van der Waals surface area contributed by atoms with E-state index >= 15 is 0 Å². The molecule has 3 nitrogen and oxygen atoms in total. The van der Waals surface area contributed by atoms with Crippen molar-refractivity contribution in [1.29, 1.82) is 0 Å². The molecule has 0 amide bonds. The van der Waals surface area contributed by atoms with Gasteiger partial charge >= 0.3 is 0 Å². The van der Waals surface area contributed by atoms with Crippen LogP contribution in [0.5, 0.6) is 11.6 Å². The minimum atomic E-state index is 0.172. The number of ether oxygens (including phenoxy) is 1. The molecule has 1 aromatic carbocycles. The normalized spacial score (nSPS) is 10.6. The second kappa shape index (κ2) is 5.45. The van der Waals surface area contributed by atoms with E-state index in [0.29, 0.717) is 20.8 Å². The maximum Gasteiger partial charge on any atom is 0.240 e. The molecule has 0 saturated carbocycles. The SMILES string of the molecule is Cc1cc(Cl)cc(C)c1Oc1nc(N)c(Cl)cc1Cl. The Labute approximate surface area is 126 Å². The second-order valence-corrected chi connectivity index (χ2v) is 5.36. The van der Waals surface area contributed by atoms with Crippen molar-refractivity contribution in [2.75, 3.05) is 5.73 Å². The highest BCUT2D eigenvalue weighted by Gasteiger charge is 2.13. The number of nitrogen functional groups attached to an aromatic ring is 1. The van der Waals surface area contributed by atoms with Crippen LogP contribution in [0.2, 0.25) is 15.1 Å². The van der Waals surface area contributed by atoms with Crippen LogP contribution in [0.4, 0.5) is 5.82 Å². The van der Waals surface area contributed by atoms with Crippen LogP contribution in [0, 0.1) is 13.8 Å². The highest BCUT2D eigenvalue weighted by atomic mass is 35.5. The Morgan fingerprint density at radius 3 is 2.16 bits per heavy atom. The zero-order chi connectivity index (χ0) is 14.2. The summed E-state index contributed by atoms with van der Waals surface area (Å²) in [6, 6.07) is 5.11. The lowest BCUT2D eigenvalue weighted by Crippen LogP contribution is -1.98. The van der Waals surface area contributed by atoms with Gasteiger partial charge in [0, 0.05) is 5.02 Å². The van der Waals surface area contributed by atoms with Crippen molar-refractivity contribution in [2.45, 2.75) is 13.8 Å². The molecule has 0 radical (unpaired) electrons. The fraction of sp³-hybridized carbons (Fsp3) is 0.154. The van der Waals surface area contributed by atoms with E-state index in [-0.39, 0.29) is 11.7 Å². The summed E-state index contributed by atoms with van der Waals surface area (Å²) >= 11 is 17.8. The van der Waals surface area contributed by atoms with Crippen LogP contribution in [0.15, 0.2) is 18.2 Å². The molecule has 100 valence electrons. The van der Waals surface area contributed by atoms with E-state index in [2.05, 4.69) is 4.98 Å². The first-order valence-electron chi connectivity index (χ1n) is 5.44. The van der Waals surface area contributed by atoms with Crippen molar-refractivity contribution in [3.8, 4) is 11.6 Å². The number of aryl methyl sites for hydroxylation is 2. The van der Waals surface area contributed by atoms with E-state index < -0.39 is 0 Å². The fourth-order valence-corrected chi connectivity index (χ4v) is 2.41. The number of halogens is 3. The molecule has 0 atom stereocenters. The van der Waals surface area contributed by atoms with Crippen molar-refractivity contribution in [1.82, 2.24) is 4.98 Å². The van der Waals surface area contributed by atoms with Gasteiger partial charge in [0.1, 0.15) is 16.6 Å². The number of hydrogen-bond donors (Lipinski definition) is 1. The minimum absolute atomic E-state index is 0.172. The van der Waals surface area contributed by atoms with Crippen LogP contribution in [0.25, 0.3) is 0 Å². The Kier molecular flexibility index (Phi) is 4.09. The third-order valence-electron chi connectivity index (χ3n) is 2.55. The monoisotopic (exact) mass is 316 g/mol. The van der Waals surface area contributed by atoms with Gasteiger partial charge in [-0.05, 0) is 43.2 Å². The Hall–Kier alpha value is -1.16. The van der Waals surface area contributed by atoms with Gasteiger partial charge in [0.05, 0.1) is 5.02 Å². The zero-order valence-electron chi connectivity index (χ0n) is 10.3. The lowest BCUT2D eigenvalue weighted by Gasteiger charge is -2.13. The van der Waals surface area contributed by atoms with Gasteiger partial charge in [0.25, 0.3) is 0 Å². The average Bonchev–Trinajstić information content (AvgIpc) is 2.29. The summed E-state index contributed by atoms with van der Waals surface area (Å²) < 4.78 is 5.72. The molecule has 0 aliphatic rings. The molecule has 0 fully saturated rings. The molecule has 1 heterocycles. The van der Waals surface area contributed by atoms with E-state index in [4.69, 9.17) is 45.3 Å². The molecule has 2 rings (SSSR count). The third kappa shape index (κ3) is 3.06. The van der Waals surface area contributed by atoms with Gasteiger partial charge < -0.3 is 10.5 Å². The smallest absolute Gasteiger partial charge is 0.240 e. The average molecular weight is 318 g/mol. The maximum atomic E-state index is 6.03. The van der Waals surface area contributed by atoms with Gasteiger partial charge in [-0.15, -0.1) is 0 Å². The molecular formula is C13H11Cl3N2O. The van der Waals surface area contributed by atoms with Crippen molar-refractivity contribution in [3.05, 3.63) is 44.4 Å². The molecule has 1 aromatic heterocycles. The lowest BCUT2D eigenvalue weighted by molar-refractivity contribution is 0.457. The number of hydrogen-bond acceptors (Lipinski definition) is 3. The lowest BCUT2D eigenvalue weighted by atomic mass is 10.1. The van der Waals surface area contributed by atoms with Crippen LogP contribution in [0.3, 0.4) is 0 Å². The van der Waals surface area contributed by atoms with Gasteiger partial charge in [0.15, 0.2) is 0 Å². The number of nitrogens with two attached hydrogens (primary N) is 1. The highest BCUT2D eigenvalue weighted by molar-refractivity contribution is 6.36. The molecule has 2 N–H and O–H groups in total. The molecule has 0 bridgehead atoms. The van der Waals surface area contributed by atoms with Gasteiger partial charge in [-0.2, -0.15) is 4.98 Å². The molecule has 0 aliphatic carbocycles. The Balaban J connectivity index is 2.45. The van der Waals surface area contributed by atoms with E-state index in [1.165, 1.54) is 6.07 Å². The molecule has 6 heteroatoms. The van der Waals surface area contributed by atoms with Gasteiger partial charge in [0.2, 0.25) is 5.88 Å². The standard InChI is InChI=1S/C13H11Cl3N2O/c1-6-3-8(14)4-7(2)11(6)19-13-10(16)5-9(15)12(17)18-13/h3-5H,1-2H3,(H2,17,18). The number of pyridine rings is 1. The Morgan fingerprint density at radius 1 is 1.00 bits per heavy atom. The van der Waals surface area contributed by atoms with Crippen LogP contribution < -0.4 is 10.5 Å². The first-order chi connectivity index (χ1) is 8.88. The fourth-order valence-electron chi connectivity index (χ4n) is 1.69. The quantitative estimate of drug-likeness (QED) is 0.844. The molecule has 2 aromatic rings. The third-order valence-corrected chi connectivity index (χ3v) is 3.34. The van der Waals surface area contributed by atoms with Gasteiger partial charge in [-0.1, -0.05) is 34.8 Å². The summed E-state index contributed by atoms with van der Waals surface area (Å²) in [7, 11) is 0. The summed E-state index contributed by atoms with van der Waals surface area (Å²) in [5.41, 5.74) is 7.41. The predicted molar refractivity (Wildman–Crippen MR) is 79.7 cm³/mol. The van der Waals surface area contributed by atoms with E-state index in [9.17, 15) is 0 Å². The molecule has 0 unspecified atom stereocenters. The second-order valence-electron chi connectivity index (χ2n) is 4.11. The first kappa shape index (κ1) is 14.3. The van der Waals surface area contributed by atoms with Gasteiger partial charge in [-0.25, -0.2) is 0 Å². The van der Waals surface area contributed by atoms with E-state index in [1.54, 1.807) is 12.1 Å².